The second-order valence-corrected chi connectivity index (χ2v) is 6.55. The van der Waals surface area contributed by atoms with E-state index in [2.05, 4.69) is 11.4 Å². The van der Waals surface area contributed by atoms with Crippen LogP contribution >= 0.6 is 22.9 Å². The Morgan fingerprint density at radius 2 is 2.05 bits per heavy atom. The van der Waals surface area contributed by atoms with Crippen LogP contribution in [0.15, 0.2) is 24.3 Å². The van der Waals surface area contributed by atoms with Crippen molar-refractivity contribution in [2.24, 2.45) is 0 Å². The number of benzene rings is 1. The summed E-state index contributed by atoms with van der Waals surface area (Å²) < 4.78 is 13.2. The van der Waals surface area contributed by atoms with Crippen LogP contribution in [0.3, 0.4) is 0 Å². The minimum Gasteiger partial charge on any atom is -0.308 e. The zero-order valence-electron chi connectivity index (χ0n) is 10.5. The molecule has 0 atom stereocenters. The maximum atomic E-state index is 13.2. The van der Waals surface area contributed by atoms with Crippen LogP contribution in [0.5, 0.6) is 0 Å². The maximum absolute atomic E-state index is 13.2. The van der Waals surface area contributed by atoms with Crippen LogP contribution in [0, 0.1) is 5.82 Å². The van der Waals surface area contributed by atoms with E-state index in [1.54, 1.807) is 10.9 Å². The maximum Gasteiger partial charge on any atom is 0.125 e. The van der Waals surface area contributed by atoms with E-state index < -0.39 is 0 Å². The van der Waals surface area contributed by atoms with E-state index in [1.807, 2.05) is 11.3 Å². The second-order valence-electron chi connectivity index (χ2n) is 4.90. The summed E-state index contributed by atoms with van der Waals surface area (Å²) in [7, 11) is 0. The number of fused-ring (bicyclic) bond motifs is 1. The van der Waals surface area contributed by atoms with E-state index in [0.29, 0.717) is 11.6 Å². The third kappa shape index (κ3) is 3.16. The topological polar surface area (TPSA) is 12.0 Å². The van der Waals surface area contributed by atoms with Gasteiger partial charge in [-0.1, -0.05) is 11.6 Å². The quantitative estimate of drug-likeness (QED) is 0.886. The largest absolute Gasteiger partial charge is 0.308 e. The predicted octanol–water partition coefficient (Wildman–Crippen LogP) is 4.32. The van der Waals surface area contributed by atoms with Gasteiger partial charge < -0.3 is 5.32 Å². The van der Waals surface area contributed by atoms with Crippen LogP contribution in [0.4, 0.5) is 4.39 Å². The van der Waals surface area contributed by atoms with Crippen LogP contribution in [-0.4, -0.2) is 0 Å². The summed E-state index contributed by atoms with van der Waals surface area (Å²) in [6.45, 7) is 1.48. The first-order chi connectivity index (χ1) is 9.20. The van der Waals surface area contributed by atoms with Gasteiger partial charge in [-0.15, -0.1) is 11.3 Å². The third-order valence-corrected chi connectivity index (χ3v) is 4.80. The van der Waals surface area contributed by atoms with Crippen LogP contribution in [-0.2, 0) is 25.9 Å². The van der Waals surface area contributed by atoms with E-state index >= 15 is 0 Å². The molecule has 0 saturated carbocycles. The van der Waals surface area contributed by atoms with Gasteiger partial charge in [0.25, 0.3) is 0 Å². The molecule has 0 aliphatic heterocycles. The summed E-state index contributed by atoms with van der Waals surface area (Å²) in [6.07, 6.45) is 3.77. The van der Waals surface area contributed by atoms with E-state index in [1.165, 1.54) is 41.8 Å². The molecule has 1 nitrogen and oxygen atoms in total. The summed E-state index contributed by atoms with van der Waals surface area (Å²) in [6, 6.07) is 6.95. The summed E-state index contributed by atoms with van der Waals surface area (Å²) in [4.78, 5) is 2.91. The SMILES string of the molecule is Fc1cc(Cl)cc(CNCc2cc3c(s2)CCC3)c1. The molecule has 0 saturated heterocycles. The van der Waals surface area contributed by atoms with Crippen molar-refractivity contribution in [3.63, 3.8) is 0 Å². The van der Waals surface area contributed by atoms with Gasteiger partial charge >= 0.3 is 0 Å². The molecule has 100 valence electrons. The second kappa shape index (κ2) is 5.61. The lowest BCUT2D eigenvalue weighted by molar-refractivity contribution is 0.620. The number of nitrogens with one attached hydrogen (secondary N) is 1. The number of hydrogen-bond donors (Lipinski definition) is 1. The van der Waals surface area contributed by atoms with Gasteiger partial charge in [-0.25, -0.2) is 4.39 Å². The number of hydrogen-bond acceptors (Lipinski definition) is 2. The van der Waals surface area contributed by atoms with E-state index in [9.17, 15) is 4.39 Å². The molecule has 1 heterocycles. The Hall–Kier alpha value is -0.900. The summed E-state index contributed by atoms with van der Waals surface area (Å²) >= 11 is 7.73. The molecule has 1 aliphatic carbocycles. The minimum absolute atomic E-state index is 0.278. The minimum atomic E-state index is -0.278. The fourth-order valence-corrected chi connectivity index (χ4v) is 4.00. The highest BCUT2D eigenvalue weighted by Crippen LogP contribution is 2.30. The van der Waals surface area contributed by atoms with Crippen molar-refractivity contribution < 1.29 is 4.39 Å². The van der Waals surface area contributed by atoms with E-state index in [-0.39, 0.29) is 5.82 Å². The van der Waals surface area contributed by atoms with Crippen LogP contribution < -0.4 is 5.32 Å². The molecule has 1 aromatic carbocycles. The third-order valence-electron chi connectivity index (χ3n) is 3.35. The Bertz CT molecular complexity index is 552. The lowest BCUT2D eigenvalue weighted by atomic mass is 10.2. The zero-order valence-corrected chi connectivity index (χ0v) is 12.1. The predicted molar refractivity (Wildman–Crippen MR) is 78.3 cm³/mol. The van der Waals surface area contributed by atoms with Gasteiger partial charge in [0.2, 0.25) is 0 Å². The van der Waals surface area contributed by atoms with Gasteiger partial charge in [-0.3, -0.25) is 0 Å². The molecule has 0 fully saturated rings. The smallest absolute Gasteiger partial charge is 0.125 e. The van der Waals surface area contributed by atoms with Crippen molar-refractivity contribution in [3.05, 3.63) is 56.0 Å². The van der Waals surface area contributed by atoms with Crippen molar-refractivity contribution in [1.29, 1.82) is 0 Å². The highest BCUT2D eigenvalue weighted by atomic mass is 35.5. The molecule has 4 heteroatoms. The summed E-state index contributed by atoms with van der Waals surface area (Å²) in [5.74, 6) is -0.278. The zero-order chi connectivity index (χ0) is 13.2. The van der Waals surface area contributed by atoms with Crippen molar-refractivity contribution in [3.8, 4) is 0 Å². The summed E-state index contributed by atoms with van der Waals surface area (Å²) in [5, 5.41) is 3.80. The standard InChI is InChI=1S/C15H15ClFNS/c16-12-4-10(5-13(17)7-12)8-18-9-14-6-11-2-1-3-15(11)19-14/h4-7,18H,1-3,8-9H2. The molecule has 0 unspecified atom stereocenters. The van der Waals surface area contributed by atoms with Crippen LogP contribution in [0.25, 0.3) is 0 Å². The van der Waals surface area contributed by atoms with Crippen molar-refractivity contribution in [2.45, 2.75) is 32.4 Å². The number of rotatable bonds is 4. The number of aryl methyl sites for hydroxylation is 2. The fourth-order valence-electron chi connectivity index (χ4n) is 2.52. The van der Waals surface area contributed by atoms with Gasteiger partial charge in [0, 0.05) is 27.9 Å². The molecule has 0 spiro atoms. The van der Waals surface area contributed by atoms with E-state index in [4.69, 9.17) is 11.6 Å². The highest BCUT2D eigenvalue weighted by Gasteiger charge is 2.14. The van der Waals surface area contributed by atoms with Gasteiger partial charge in [0.1, 0.15) is 5.82 Å². The molecule has 0 bridgehead atoms. The Morgan fingerprint density at radius 3 is 2.84 bits per heavy atom. The first-order valence-corrected chi connectivity index (χ1v) is 7.66. The van der Waals surface area contributed by atoms with Crippen molar-refractivity contribution in [1.82, 2.24) is 5.32 Å². The highest BCUT2D eigenvalue weighted by molar-refractivity contribution is 7.12. The monoisotopic (exact) mass is 295 g/mol. The number of thiophene rings is 1. The molecular weight excluding hydrogens is 281 g/mol. The normalized spacial score (nSPS) is 13.8. The molecule has 1 aliphatic rings. The summed E-state index contributed by atoms with van der Waals surface area (Å²) in [5.41, 5.74) is 2.41. The molecule has 0 radical (unpaired) electrons. The van der Waals surface area contributed by atoms with Crippen molar-refractivity contribution in [2.75, 3.05) is 0 Å². The lowest BCUT2D eigenvalue weighted by Crippen LogP contribution is -2.11. The van der Waals surface area contributed by atoms with Gasteiger partial charge in [0.05, 0.1) is 0 Å². The first-order valence-electron chi connectivity index (χ1n) is 6.47. The lowest BCUT2D eigenvalue weighted by Gasteiger charge is -2.04. The first kappa shape index (κ1) is 13.1. The number of halogens is 2. The van der Waals surface area contributed by atoms with Gasteiger partial charge in [-0.2, -0.15) is 0 Å². The Balaban J connectivity index is 1.57. The molecule has 0 amide bonds. The van der Waals surface area contributed by atoms with Gasteiger partial charge in [0.15, 0.2) is 0 Å². The average molecular weight is 296 g/mol. The van der Waals surface area contributed by atoms with E-state index in [0.717, 1.165) is 12.1 Å². The Labute approximate surface area is 121 Å². The van der Waals surface area contributed by atoms with Crippen molar-refractivity contribution >= 4 is 22.9 Å². The van der Waals surface area contributed by atoms with Crippen LogP contribution in [0.1, 0.15) is 27.3 Å². The fraction of sp³-hybridized carbons (Fsp3) is 0.333. The van der Waals surface area contributed by atoms with Crippen LogP contribution in [0.2, 0.25) is 5.02 Å². The van der Waals surface area contributed by atoms with Gasteiger partial charge in [-0.05, 0) is 54.7 Å². The Kier molecular flexibility index (Phi) is 3.87. The molecule has 3 rings (SSSR count). The molecule has 19 heavy (non-hydrogen) atoms. The molecule has 2 aromatic rings. The Morgan fingerprint density at radius 1 is 1.16 bits per heavy atom. The molecule has 1 aromatic heterocycles. The molecular formula is C15H15ClFNS. The average Bonchev–Trinajstić information content (AvgIpc) is 2.88. The molecule has 1 N–H and O–H groups in total.